The van der Waals surface area contributed by atoms with Gasteiger partial charge in [-0.05, 0) is 36.1 Å². The van der Waals surface area contributed by atoms with E-state index in [-0.39, 0.29) is 30.2 Å². The molecule has 2 aliphatic heterocycles. The minimum atomic E-state index is -0.415. The monoisotopic (exact) mass is 492 g/mol. The Labute approximate surface area is 214 Å². The van der Waals surface area contributed by atoms with Gasteiger partial charge in [0.25, 0.3) is 5.91 Å². The van der Waals surface area contributed by atoms with Gasteiger partial charge in [0.05, 0.1) is 11.7 Å². The van der Waals surface area contributed by atoms with Crippen molar-refractivity contribution in [2.75, 3.05) is 19.6 Å². The molecule has 37 heavy (non-hydrogen) atoms. The number of rotatable bonds is 5. The molecule has 1 fully saturated rings. The second-order valence-corrected chi connectivity index (χ2v) is 9.81. The molecule has 1 atom stereocenters. The van der Waals surface area contributed by atoms with Gasteiger partial charge in [0.15, 0.2) is 0 Å². The summed E-state index contributed by atoms with van der Waals surface area (Å²) in [6, 6.07) is 25.4. The lowest BCUT2D eigenvalue weighted by atomic mass is 9.93. The molecule has 3 N–H and O–H groups in total. The molecule has 0 bridgehead atoms. The Balaban J connectivity index is 1.42. The van der Waals surface area contributed by atoms with Crippen molar-refractivity contribution in [3.05, 3.63) is 95.6 Å². The van der Waals surface area contributed by atoms with E-state index in [2.05, 4.69) is 23.2 Å². The second-order valence-electron chi connectivity index (χ2n) is 9.81. The zero-order chi connectivity index (χ0) is 25.5. The van der Waals surface area contributed by atoms with Crippen molar-refractivity contribution >= 4 is 28.6 Å². The van der Waals surface area contributed by atoms with Gasteiger partial charge in [-0.1, -0.05) is 66.7 Å². The van der Waals surface area contributed by atoms with Crippen LogP contribution >= 0.6 is 0 Å². The number of nitrogens with zero attached hydrogens (tertiary/aromatic N) is 2. The number of primary amides is 1. The average molecular weight is 493 g/mol. The van der Waals surface area contributed by atoms with Gasteiger partial charge in [0, 0.05) is 41.0 Å². The van der Waals surface area contributed by atoms with Crippen molar-refractivity contribution in [3.8, 4) is 11.3 Å². The van der Waals surface area contributed by atoms with E-state index in [0.717, 1.165) is 33.3 Å². The predicted octanol–water partition coefficient (Wildman–Crippen LogP) is 4.10. The Morgan fingerprint density at radius 1 is 0.892 bits per heavy atom. The first-order valence-corrected chi connectivity index (χ1v) is 12.7. The van der Waals surface area contributed by atoms with Crippen molar-refractivity contribution < 1.29 is 14.4 Å². The number of H-pyrrole nitrogens is 1. The number of likely N-dealkylation sites (tertiary alicyclic amines) is 1. The van der Waals surface area contributed by atoms with Gasteiger partial charge in [-0.3, -0.25) is 14.4 Å². The Morgan fingerprint density at radius 3 is 2.32 bits per heavy atom. The molecule has 0 saturated carbocycles. The SMILES string of the molecule is NC(=O)C1CCN(C(=O)CN2C(=O)c3ccccc3C2c2c(-c3ccccc3)[nH]c3ccccc23)CC1. The Morgan fingerprint density at radius 2 is 1.57 bits per heavy atom. The smallest absolute Gasteiger partial charge is 0.255 e. The molecular formula is C30H28N4O3. The summed E-state index contributed by atoms with van der Waals surface area (Å²) in [5.41, 5.74) is 10.9. The number of benzene rings is 3. The number of aromatic nitrogens is 1. The topological polar surface area (TPSA) is 99.5 Å². The van der Waals surface area contributed by atoms with Crippen LogP contribution in [-0.4, -0.2) is 52.1 Å². The second kappa shape index (κ2) is 9.24. The predicted molar refractivity (Wildman–Crippen MR) is 142 cm³/mol. The van der Waals surface area contributed by atoms with Crippen LogP contribution in [0.1, 0.15) is 40.4 Å². The van der Waals surface area contributed by atoms with E-state index in [0.29, 0.717) is 31.5 Å². The van der Waals surface area contributed by atoms with Crippen LogP contribution in [0.4, 0.5) is 0 Å². The van der Waals surface area contributed by atoms with E-state index in [1.807, 2.05) is 60.7 Å². The fourth-order valence-electron chi connectivity index (χ4n) is 5.78. The zero-order valence-electron chi connectivity index (χ0n) is 20.4. The van der Waals surface area contributed by atoms with Crippen LogP contribution in [0.25, 0.3) is 22.2 Å². The summed E-state index contributed by atoms with van der Waals surface area (Å²) < 4.78 is 0. The van der Waals surface area contributed by atoms with Crippen molar-refractivity contribution in [2.24, 2.45) is 11.7 Å². The quantitative estimate of drug-likeness (QED) is 0.439. The molecule has 3 amide bonds. The van der Waals surface area contributed by atoms with E-state index in [1.54, 1.807) is 9.80 Å². The van der Waals surface area contributed by atoms with Crippen molar-refractivity contribution in [3.63, 3.8) is 0 Å². The standard InChI is InChI=1S/C30H28N4O3/c31-29(36)20-14-16-33(17-15-20)25(35)18-34-28(21-10-4-5-11-22(21)30(34)37)26-23-12-6-7-13-24(23)32-27(26)19-8-2-1-3-9-19/h1-13,20,28,32H,14-18H2,(H2,31,36). The Kier molecular flexibility index (Phi) is 5.75. The number of aromatic amines is 1. The first-order valence-electron chi connectivity index (χ1n) is 12.7. The first-order chi connectivity index (χ1) is 18.0. The van der Waals surface area contributed by atoms with Gasteiger partial charge in [-0.25, -0.2) is 0 Å². The van der Waals surface area contributed by atoms with Gasteiger partial charge in [-0.2, -0.15) is 0 Å². The van der Waals surface area contributed by atoms with Gasteiger partial charge < -0.3 is 20.5 Å². The van der Waals surface area contributed by atoms with Crippen LogP contribution in [0.15, 0.2) is 78.9 Å². The molecule has 7 nitrogen and oxygen atoms in total. The summed E-state index contributed by atoms with van der Waals surface area (Å²) in [6.45, 7) is 0.899. The highest BCUT2D eigenvalue weighted by Crippen LogP contribution is 2.45. The molecule has 4 aromatic rings. The number of hydrogen-bond donors (Lipinski definition) is 2. The number of para-hydroxylation sites is 1. The third kappa shape index (κ3) is 3.96. The highest BCUT2D eigenvalue weighted by Gasteiger charge is 2.41. The molecule has 1 saturated heterocycles. The van der Waals surface area contributed by atoms with E-state index < -0.39 is 6.04 Å². The lowest BCUT2D eigenvalue weighted by molar-refractivity contribution is -0.135. The van der Waals surface area contributed by atoms with Crippen LogP contribution < -0.4 is 5.73 Å². The van der Waals surface area contributed by atoms with E-state index in [1.165, 1.54) is 0 Å². The maximum atomic E-state index is 13.7. The first kappa shape index (κ1) is 23.0. The van der Waals surface area contributed by atoms with Crippen LogP contribution in [0, 0.1) is 5.92 Å². The van der Waals surface area contributed by atoms with E-state index in [9.17, 15) is 14.4 Å². The molecule has 7 heteroatoms. The summed E-state index contributed by atoms with van der Waals surface area (Å²) in [5.74, 6) is -0.778. The van der Waals surface area contributed by atoms with Crippen LogP contribution in [0.2, 0.25) is 0 Å². The average Bonchev–Trinajstić information content (AvgIpc) is 3.44. The number of carbonyl (C=O) groups is 3. The molecule has 6 rings (SSSR count). The number of amides is 3. The maximum absolute atomic E-state index is 13.7. The summed E-state index contributed by atoms with van der Waals surface area (Å²) >= 11 is 0. The van der Waals surface area contributed by atoms with Crippen molar-refractivity contribution in [1.29, 1.82) is 0 Å². The lowest BCUT2D eigenvalue weighted by Gasteiger charge is -2.33. The number of nitrogens with two attached hydrogens (primary N) is 1. The molecule has 0 aliphatic carbocycles. The molecule has 0 radical (unpaired) electrons. The molecule has 1 unspecified atom stereocenters. The molecule has 1 aromatic heterocycles. The number of piperidine rings is 1. The van der Waals surface area contributed by atoms with Crippen molar-refractivity contribution in [2.45, 2.75) is 18.9 Å². The number of hydrogen-bond acceptors (Lipinski definition) is 3. The van der Waals surface area contributed by atoms with Gasteiger partial charge in [0.2, 0.25) is 11.8 Å². The highest BCUT2D eigenvalue weighted by atomic mass is 16.2. The highest BCUT2D eigenvalue weighted by molar-refractivity contribution is 6.03. The minimum absolute atomic E-state index is 0.0346. The summed E-state index contributed by atoms with van der Waals surface area (Å²) in [6.07, 6.45) is 1.11. The fourth-order valence-corrected chi connectivity index (χ4v) is 5.78. The molecule has 3 aromatic carbocycles. The van der Waals surface area contributed by atoms with Gasteiger partial charge in [0.1, 0.15) is 6.54 Å². The van der Waals surface area contributed by atoms with Crippen LogP contribution in [0.5, 0.6) is 0 Å². The molecule has 3 heterocycles. The number of nitrogens with one attached hydrogen (secondary N) is 1. The van der Waals surface area contributed by atoms with E-state index >= 15 is 0 Å². The third-order valence-corrected chi connectivity index (χ3v) is 7.70. The van der Waals surface area contributed by atoms with Gasteiger partial charge in [-0.15, -0.1) is 0 Å². The summed E-state index contributed by atoms with van der Waals surface area (Å²) in [5, 5.41) is 1.02. The minimum Gasteiger partial charge on any atom is -0.369 e. The Bertz CT molecular complexity index is 1500. The summed E-state index contributed by atoms with van der Waals surface area (Å²) in [7, 11) is 0. The lowest BCUT2D eigenvalue weighted by Crippen LogP contribution is -2.46. The zero-order valence-corrected chi connectivity index (χ0v) is 20.4. The normalized spacial score (nSPS) is 17.8. The summed E-state index contributed by atoms with van der Waals surface area (Å²) in [4.78, 5) is 45.8. The molecule has 0 spiro atoms. The third-order valence-electron chi connectivity index (χ3n) is 7.70. The molecule has 186 valence electrons. The molecular weight excluding hydrogens is 464 g/mol. The Hall–Kier alpha value is -4.39. The van der Waals surface area contributed by atoms with Crippen LogP contribution in [-0.2, 0) is 9.59 Å². The molecule has 2 aliphatic rings. The maximum Gasteiger partial charge on any atom is 0.255 e. The van der Waals surface area contributed by atoms with Gasteiger partial charge >= 0.3 is 0 Å². The van der Waals surface area contributed by atoms with Crippen molar-refractivity contribution in [1.82, 2.24) is 14.8 Å². The number of fused-ring (bicyclic) bond motifs is 2. The fraction of sp³-hybridized carbons (Fsp3) is 0.233. The number of carbonyl (C=O) groups excluding carboxylic acids is 3. The van der Waals surface area contributed by atoms with Crippen LogP contribution in [0.3, 0.4) is 0 Å². The van der Waals surface area contributed by atoms with E-state index in [4.69, 9.17) is 5.73 Å². The largest absolute Gasteiger partial charge is 0.369 e.